The fourth-order valence-corrected chi connectivity index (χ4v) is 4.21. The third-order valence-corrected chi connectivity index (χ3v) is 5.90. The van der Waals surface area contributed by atoms with Gasteiger partial charge in [-0.2, -0.15) is 5.10 Å². The molecule has 5 rings (SSSR count). The van der Waals surface area contributed by atoms with Gasteiger partial charge in [-0.15, -0.1) is 0 Å². The van der Waals surface area contributed by atoms with Gasteiger partial charge in [0, 0.05) is 42.4 Å². The van der Waals surface area contributed by atoms with Gasteiger partial charge in [0.2, 0.25) is 0 Å². The van der Waals surface area contributed by atoms with E-state index in [1.54, 1.807) is 30.1 Å². The predicted molar refractivity (Wildman–Crippen MR) is 123 cm³/mol. The first-order chi connectivity index (χ1) is 16.9. The lowest BCUT2D eigenvalue weighted by atomic mass is 9.99. The minimum Gasteiger partial charge on any atom is -0.487 e. The van der Waals surface area contributed by atoms with Crippen LogP contribution in [0.1, 0.15) is 40.1 Å². The molecule has 2 aliphatic rings. The molecule has 1 saturated heterocycles. The van der Waals surface area contributed by atoms with E-state index in [0.717, 1.165) is 11.0 Å². The Bertz CT molecular complexity index is 1380. The molecule has 2 amide bonds. The van der Waals surface area contributed by atoms with E-state index in [0.29, 0.717) is 23.6 Å². The Balaban J connectivity index is 1.41. The molecule has 0 aliphatic carbocycles. The van der Waals surface area contributed by atoms with Gasteiger partial charge in [0.05, 0.1) is 13.1 Å². The van der Waals surface area contributed by atoms with Gasteiger partial charge in [-0.1, -0.05) is 0 Å². The smallest absolute Gasteiger partial charge is 0.282 e. The largest absolute Gasteiger partial charge is 0.487 e. The minimum atomic E-state index is -2.92. The van der Waals surface area contributed by atoms with Crippen molar-refractivity contribution < 1.29 is 32.2 Å². The number of halogens is 3. The highest BCUT2D eigenvalue weighted by Crippen LogP contribution is 2.43. The van der Waals surface area contributed by atoms with Crippen molar-refractivity contribution in [3.63, 3.8) is 0 Å². The fraction of sp³-hybridized carbons (Fsp3) is 0.320. The number of carbonyl (C=O) groups is 2. The lowest BCUT2D eigenvalue weighted by molar-refractivity contribution is -0.113. The molecule has 0 bridgehead atoms. The minimum absolute atomic E-state index is 0.0615. The first-order valence-corrected chi connectivity index (χ1v) is 11.2. The summed E-state index contributed by atoms with van der Waals surface area (Å²) >= 11 is 0. The molecule has 3 heterocycles. The average Bonchev–Trinajstić information content (AvgIpc) is 3.33. The van der Waals surface area contributed by atoms with Crippen LogP contribution in [0.3, 0.4) is 0 Å². The molecule has 2 aromatic carbocycles. The van der Waals surface area contributed by atoms with Gasteiger partial charge in [0.25, 0.3) is 17.7 Å². The summed E-state index contributed by atoms with van der Waals surface area (Å²) < 4.78 is 54.5. The average molecular weight is 500 g/mol. The summed E-state index contributed by atoms with van der Waals surface area (Å²) in [5.74, 6) is -4.06. The molecule has 8 nitrogen and oxygen atoms in total. The van der Waals surface area contributed by atoms with Crippen LogP contribution in [0.5, 0.6) is 17.2 Å². The number of nitrogens with one attached hydrogen (secondary N) is 1. The molecule has 1 N–H and O–H groups in total. The number of amides is 2. The number of carbonyl (C=O) groups excluding carboxylic acids is 2. The number of nitrogens with zero attached hydrogens (tertiary/aromatic N) is 3. The molecule has 0 spiro atoms. The molecule has 1 aromatic heterocycles. The zero-order valence-electron chi connectivity index (χ0n) is 19.8. The molecular formula is C25H23F3N4O4. The highest BCUT2D eigenvalue weighted by Gasteiger charge is 2.46. The van der Waals surface area contributed by atoms with Crippen LogP contribution in [-0.2, 0) is 13.5 Å². The summed E-state index contributed by atoms with van der Waals surface area (Å²) in [7, 11) is 1.72. The normalized spacial score (nSPS) is 17.1. The molecule has 0 radical (unpaired) electrons. The molecule has 0 atom stereocenters. The number of likely N-dealkylation sites (tertiary alicyclic amines) is 1. The van der Waals surface area contributed by atoms with Crippen molar-refractivity contribution in [3.05, 3.63) is 65.1 Å². The maximum Gasteiger partial charge on any atom is 0.282 e. The highest BCUT2D eigenvalue weighted by molar-refractivity contribution is 6.04. The van der Waals surface area contributed by atoms with E-state index in [9.17, 15) is 22.8 Å². The molecule has 0 saturated carbocycles. The standard InChI is InChI=1S/C25H23F3N4O4/c1-24(2)11-16-19(9-15(10-20(16)36-24)22(33)29-21-6-7-31(3)30-21)35-18-5-4-14(8-17(18)26)23(34)32-12-25(27,28)13-32/h4-10H,11-13H2,1-3H3,(H,29,30,33). The number of aromatic nitrogens is 2. The van der Waals surface area contributed by atoms with Crippen molar-refractivity contribution in [3.8, 4) is 17.2 Å². The van der Waals surface area contributed by atoms with Crippen molar-refractivity contribution in [2.75, 3.05) is 18.4 Å². The summed E-state index contributed by atoms with van der Waals surface area (Å²) in [6.45, 7) is 2.37. The summed E-state index contributed by atoms with van der Waals surface area (Å²) in [6, 6.07) is 8.25. The van der Waals surface area contributed by atoms with Crippen LogP contribution in [0.25, 0.3) is 0 Å². The first kappa shape index (κ1) is 23.7. The van der Waals surface area contributed by atoms with E-state index in [1.807, 2.05) is 13.8 Å². The van der Waals surface area contributed by atoms with Crippen LogP contribution in [0.15, 0.2) is 42.6 Å². The zero-order valence-corrected chi connectivity index (χ0v) is 19.8. The molecule has 2 aliphatic heterocycles. The fourth-order valence-electron chi connectivity index (χ4n) is 4.21. The number of benzene rings is 2. The second-order valence-electron chi connectivity index (χ2n) is 9.58. The number of aryl methyl sites for hydroxylation is 1. The van der Waals surface area contributed by atoms with Crippen LogP contribution < -0.4 is 14.8 Å². The van der Waals surface area contributed by atoms with Crippen LogP contribution in [-0.4, -0.2) is 51.1 Å². The Morgan fingerprint density at radius 3 is 2.47 bits per heavy atom. The first-order valence-electron chi connectivity index (χ1n) is 11.2. The Hall–Kier alpha value is -4.02. The van der Waals surface area contributed by atoms with E-state index >= 15 is 0 Å². The second-order valence-corrected chi connectivity index (χ2v) is 9.58. The van der Waals surface area contributed by atoms with Crippen molar-refractivity contribution in [1.82, 2.24) is 14.7 Å². The number of ether oxygens (including phenoxy) is 2. The van der Waals surface area contributed by atoms with E-state index in [-0.39, 0.29) is 22.6 Å². The topological polar surface area (TPSA) is 85.7 Å². The monoisotopic (exact) mass is 500 g/mol. The molecule has 11 heteroatoms. The van der Waals surface area contributed by atoms with Gasteiger partial charge in [0.1, 0.15) is 17.1 Å². The molecule has 0 unspecified atom stereocenters. The summed E-state index contributed by atoms with van der Waals surface area (Å²) in [5, 5.41) is 6.82. The van der Waals surface area contributed by atoms with Gasteiger partial charge in [0.15, 0.2) is 17.4 Å². The van der Waals surface area contributed by atoms with E-state index in [2.05, 4.69) is 10.4 Å². The maximum absolute atomic E-state index is 14.9. The number of anilines is 1. The predicted octanol–water partition coefficient (Wildman–Crippen LogP) is 4.41. The van der Waals surface area contributed by atoms with Crippen LogP contribution in [0, 0.1) is 5.82 Å². The SMILES string of the molecule is Cn1ccc(NC(=O)c2cc(Oc3ccc(C(=O)N4CC(F)(F)C4)cc3F)c3c(c2)OC(C)(C)C3)n1. The Morgan fingerprint density at radius 2 is 1.83 bits per heavy atom. The summed E-state index contributed by atoms with van der Waals surface area (Å²) in [5.41, 5.74) is 0.258. The molecule has 188 valence electrons. The number of alkyl halides is 2. The summed E-state index contributed by atoms with van der Waals surface area (Å²) in [6.07, 6.45) is 2.14. The number of fused-ring (bicyclic) bond motifs is 1. The van der Waals surface area contributed by atoms with Crippen LogP contribution in [0.2, 0.25) is 0 Å². The lowest BCUT2D eigenvalue weighted by Crippen LogP contribution is -2.58. The molecule has 36 heavy (non-hydrogen) atoms. The van der Waals surface area contributed by atoms with E-state index in [4.69, 9.17) is 9.47 Å². The second kappa shape index (κ2) is 8.28. The Kier molecular flexibility index (Phi) is 5.46. The van der Waals surface area contributed by atoms with Gasteiger partial charge >= 0.3 is 0 Å². The quantitative estimate of drug-likeness (QED) is 0.561. The van der Waals surface area contributed by atoms with Crippen molar-refractivity contribution in [1.29, 1.82) is 0 Å². The maximum atomic E-state index is 14.9. The molecule has 1 fully saturated rings. The number of hydrogen-bond acceptors (Lipinski definition) is 5. The van der Waals surface area contributed by atoms with Gasteiger partial charge in [-0.25, -0.2) is 13.2 Å². The Labute approximate surface area is 204 Å². The van der Waals surface area contributed by atoms with E-state index in [1.165, 1.54) is 18.2 Å². The van der Waals surface area contributed by atoms with Crippen molar-refractivity contribution >= 4 is 17.6 Å². The van der Waals surface area contributed by atoms with Crippen LogP contribution in [0.4, 0.5) is 19.0 Å². The zero-order chi connectivity index (χ0) is 25.8. The number of hydrogen-bond donors (Lipinski definition) is 1. The van der Waals surface area contributed by atoms with E-state index < -0.39 is 42.2 Å². The van der Waals surface area contributed by atoms with Crippen molar-refractivity contribution in [2.24, 2.45) is 7.05 Å². The highest BCUT2D eigenvalue weighted by atomic mass is 19.3. The van der Waals surface area contributed by atoms with Gasteiger partial charge in [-0.05, 0) is 44.2 Å². The third-order valence-electron chi connectivity index (χ3n) is 5.90. The van der Waals surface area contributed by atoms with Crippen molar-refractivity contribution in [2.45, 2.75) is 31.8 Å². The molecule has 3 aromatic rings. The van der Waals surface area contributed by atoms with Gasteiger partial charge in [-0.3, -0.25) is 14.3 Å². The number of rotatable bonds is 5. The Morgan fingerprint density at radius 1 is 1.08 bits per heavy atom. The molecular weight excluding hydrogens is 477 g/mol. The summed E-state index contributed by atoms with van der Waals surface area (Å²) in [4.78, 5) is 26.2. The third kappa shape index (κ3) is 4.60. The van der Waals surface area contributed by atoms with Gasteiger partial charge < -0.3 is 19.7 Å². The van der Waals surface area contributed by atoms with Crippen LogP contribution >= 0.6 is 0 Å². The lowest BCUT2D eigenvalue weighted by Gasteiger charge is -2.38.